The zero-order chi connectivity index (χ0) is 21.5. The molecule has 1 saturated heterocycles. The van der Waals surface area contributed by atoms with E-state index in [9.17, 15) is 19.5 Å². The molecule has 0 aromatic rings. The first kappa shape index (κ1) is 20.2. The number of carbonyl (C=O) groups excluding carboxylic acids is 3. The van der Waals surface area contributed by atoms with Gasteiger partial charge in [0.15, 0.2) is 0 Å². The highest BCUT2D eigenvalue weighted by Gasteiger charge is 2.72. The Bertz CT molecular complexity index is 862. The molecule has 7 atom stereocenters. The second-order valence-corrected chi connectivity index (χ2v) is 10.8. The Hall–Kier alpha value is -1.69. The predicted molar refractivity (Wildman–Crippen MR) is 107 cm³/mol. The van der Waals surface area contributed by atoms with Crippen molar-refractivity contribution in [2.45, 2.75) is 82.8 Å². The minimum atomic E-state index is -1.07. The molecule has 0 bridgehead atoms. The van der Waals surface area contributed by atoms with Gasteiger partial charge in [0.1, 0.15) is 11.4 Å². The van der Waals surface area contributed by atoms with E-state index in [0.29, 0.717) is 32.1 Å². The van der Waals surface area contributed by atoms with Crippen molar-refractivity contribution in [3.05, 3.63) is 11.6 Å². The van der Waals surface area contributed by atoms with Crippen molar-refractivity contribution in [1.29, 1.82) is 0 Å². The molecule has 0 amide bonds. The van der Waals surface area contributed by atoms with E-state index in [-0.39, 0.29) is 35.0 Å². The van der Waals surface area contributed by atoms with Crippen LogP contribution in [0.15, 0.2) is 11.6 Å². The molecule has 3 unspecified atom stereocenters. The summed E-state index contributed by atoms with van der Waals surface area (Å²) in [6.45, 7) is 4.28. The molecular formula is C24H32O6. The topological polar surface area (TPSA) is 89.9 Å². The molecule has 0 aromatic heterocycles. The summed E-state index contributed by atoms with van der Waals surface area (Å²) >= 11 is 0. The van der Waals surface area contributed by atoms with Gasteiger partial charge in [-0.05, 0) is 44.4 Å². The molecule has 5 aliphatic rings. The van der Waals surface area contributed by atoms with E-state index < -0.39 is 22.5 Å². The summed E-state index contributed by atoms with van der Waals surface area (Å²) < 4.78 is 11.1. The highest BCUT2D eigenvalue weighted by molar-refractivity contribution is 5.84. The molecule has 0 aromatic carbocycles. The molecule has 4 aliphatic carbocycles. The first-order valence-corrected chi connectivity index (χ1v) is 11.4. The van der Waals surface area contributed by atoms with Gasteiger partial charge in [-0.2, -0.15) is 0 Å². The first-order chi connectivity index (χ1) is 14.1. The highest BCUT2D eigenvalue weighted by Crippen LogP contribution is 2.71. The zero-order valence-electron chi connectivity index (χ0n) is 18.2. The number of fused-ring (bicyclic) bond motifs is 6. The number of ether oxygens (including phenoxy) is 2. The number of Topliss-reactive ketones (excluding diaryl/α,β-unsaturated/α-hetero) is 1. The van der Waals surface area contributed by atoms with Crippen LogP contribution in [0.4, 0.5) is 0 Å². The van der Waals surface area contributed by atoms with E-state index in [1.165, 1.54) is 7.11 Å². The second kappa shape index (κ2) is 6.18. The summed E-state index contributed by atoms with van der Waals surface area (Å²) in [7, 11) is 1.39. The smallest absolute Gasteiger partial charge is 0.312 e. The van der Waals surface area contributed by atoms with Crippen molar-refractivity contribution >= 4 is 17.7 Å². The Labute approximate surface area is 177 Å². The van der Waals surface area contributed by atoms with E-state index in [0.717, 1.165) is 31.3 Å². The van der Waals surface area contributed by atoms with E-state index in [2.05, 4.69) is 13.8 Å². The van der Waals surface area contributed by atoms with Crippen LogP contribution in [0.2, 0.25) is 0 Å². The van der Waals surface area contributed by atoms with Crippen LogP contribution in [-0.4, -0.2) is 41.1 Å². The largest absolute Gasteiger partial charge is 0.469 e. The fourth-order valence-corrected chi connectivity index (χ4v) is 8.12. The molecule has 1 spiro atoms. The number of hydrogen-bond donors (Lipinski definition) is 1. The maximum atomic E-state index is 12.9. The number of methoxy groups -OCH3 is 1. The summed E-state index contributed by atoms with van der Waals surface area (Å²) in [4.78, 5) is 37.2. The summed E-state index contributed by atoms with van der Waals surface area (Å²) in [5, 5.41) is 12.3. The molecule has 6 nitrogen and oxygen atoms in total. The van der Waals surface area contributed by atoms with Gasteiger partial charge in [-0.1, -0.05) is 25.5 Å². The number of ketones is 1. The molecule has 4 fully saturated rings. The van der Waals surface area contributed by atoms with Crippen LogP contribution in [0.25, 0.3) is 0 Å². The molecular weight excluding hydrogens is 384 g/mol. The van der Waals surface area contributed by atoms with Crippen LogP contribution in [0.3, 0.4) is 0 Å². The Morgan fingerprint density at radius 3 is 2.57 bits per heavy atom. The summed E-state index contributed by atoms with van der Waals surface area (Å²) in [5.41, 5.74) is -1.44. The van der Waals surface area contributed by atoms with Gasteiger partial charge in [-0.3, -0.25) is 14.4 Å². The van der Waals surface area contributed by atoms with Crippen LogP contribution in [0.1, 0.15) is 71.6 Å². The van der Waals surface area contributed by atoms with Gasteiger partial charge >= 0.3 is 11.9 Å². The molecule has 6 heteroatoms. The monoisotopic (exact) mass is 416 g/mol. The Morgan fingerprint density at radius 2 is 1.90 bits per heavy atom. The highest BCUT2D eigenvalue weighted by atomic mass is 16.6. The molecule has 164 valence electrons. The van der Waals surface area contributed by atoms with Gasteiger partial charge in [0.05, 0.1) is 18.6 Å². The molecule has 3 saturated carbocycles. The molecule has 1 aliphatic heterocycles. The molecule has 1 N–H and O–H groups in total. The number of esters is 2. The lowest BCUT2D eigenvalue weighted by Gasteiger charge is -2.64. The van der Waals surface area contributed by atoms with Crippen LogP contribution in [0.5, 0.6) is 0 Å². The van der Waals surface area contributed by atoms with Crippen molar-refractivity contribution in [2.75, 3.05) is 7.11 Å². The number of aliphatic hydroxyl groups is 1. The summed E-state index contributed by atoms with van der Waals surface area (Å²) in [6, 6.07) is 0. The lowest BCUT2D eigenvalue weighted by atomic mass is 9.42. The molecule has 1 heterocycles. The quantitative estimate of drug-likeness (QED) is 0.522. The van der Waals surface area contributed by atoms with Gasteiger partial charge in [-0.15, -0.1) is 0 Å². The van der Waals surface area contributed by atoms with E-state index in [1.54, 1.807) is 0 Å². The van der Waals surface area contributed by atoms with Crippen molar-refractivity contribution in [3.8, 4) is 0 Å². The Kier molecular flexibility index (Phi) is 4.17. The van der Waals surface area contributed by atoms with Gasteiger partial charge in [0.2, 0.25) is 0 Å². The van der Waals surface area contributed by atoms with Crippen molar-refractivity contribution in [1.82, 2.24) is 0 Å². The number of rotatable bonds is 1. The maximum Gasteiger partial charge on any atom is 0.312 e. The van der Waals surface area contributed by atoms with E-state index >= 15 is 0 Å². The van der Waals surface area contributed by atoms with Crippen LogP contribution >= 0.6 is 0 Å². The van der Waals surface area contributed by atoms with E-state index in [4.69, 9.17) is 9.47 Å². The van der Waals surface area contributed by atoms with Crippen LogP contribution in [-0.2, 0) is 23.9 Å². The summed E-state index contributed by atoms with van der Waals surface area (Å²) in [5.74, 6) is -1.14. The fourth-order valence-electron chi connectivity index (χ4n) is 8.12. The van der Waals surface area contributed by atoms with Crippen molar-refractivity contribution in [2.24, 2.45) is 28.6 Å². The van der Waals surface area contributed by atoms with Crippen molar-refractivity contribution in [3.63, 3.8) is 0 Å². The third-order valence-electron chi connectivity index (χ3n) is 9.97. The lowest BCUT2D eigenvalue weighted by molar-refractivity contribution is -0.220. The third kappa shape index (κ3) is 2.26. The zero-order valence-corrected chi connectivity index (χ0v) is 18.2. The summed E-state index contributed by atoms with van der Waals surface area (Å²) in [6.07, 6.45) is 7.40. The predicted octanol–water partition coefficient (Wildman–Crippen LogP) is 3.11. The lowest BCUT2D eigenvalue weighted by Crippen LogP contribution is -2.67. The molecule has 0 radical (unpaired) electrons. The minimum Gasteiger partial charge on any atom is -0.469 e. The average molecular weight is 417 g/mol. The average Bonchev–Trinajstić information content (AvgIpc) is 3.23. The van der Waals surface area contributed by atoms with Gasteiger partial charge in [0, 0.05) is 36.0 Å². The second-order valence-electron chi connectivity index (χ2n) is 10.8. The van der Waals surface area contributed by atoms with Crippen LogP contribution in [0, 0.1) is 28.6 Å². The van der Waals surface area contributed by atoms with Gasteiger partial charge < -0.3 is 14.6 Å². The standard InChI is InChI=1S/C24H32O6/c1-21-7-4-15(25)12-14(21)13-16(20(27)29-3)19-17-5-8-23(9-6-18(26)30-23)22(17,2)10-11-24(19,21)28/h13,16-17,19,28H,4-12H2,1-3H3/t16?,17?,19-,21-,22-,23+,24?/m0/s1. The SMILES string of the molecule is COC(=O)C1C=C2CC(=O)CC[C@]2(C)C2(O)CC[C@@]3(C)C(CC[C@@]34CCC(=O)O4)[C@H]12. The van der Waals surface area contributed by atoms with E-state index in [1.807, 2.05) is 6.08 Å². The van der Waals surface area contributed by atoms with Crippen molar-refractivity contribution < 1.29 is 29.0 Å². The van der Waals surface area contributed by atoms with Crippen LogP contribution < -0.4 is 0 Å². The molecule has 5 rings (SSSR count). The number of hydrogen-bond acceptors (Lipinski definition) is 6. The first-order valence-electron chi connectivity index (χ1n) is 11.4. The fraction of sp³-hybridized carbons (Fsp3) is 0.792. The minimum absolute atomic E-state index is 0.0542. The number of carbonyl (C=O) groups is 3. The Morgan fingerprint density at radius 1 is 1.13 bits per heavy atom. The normalized spacial score (nSPS) is 49.7. The maximum absolute atomic E-state index is 12.9. The molecule has 30 heavy (non-hydrogen) atoms. The third-order valence-corrected chi connectivity index (χ3v) is 9.97. The van der Waals surface area contributed by atoms with Gasteiger partial charge in [-0.25, -0.2) is 0 Å². The van der Waals surface area contributed by atoms with Gasteiger partial charge in [0.25, 0.3) is 0 Å². The Balaban J connectivity index is 1.64.